The fraction of sp³-hybridized carbons (Fsp3) is 0.818. The first-order valence-corrected chi connectivity index (χ1v) is 5.65. The highest BCUT2D eigenvalue weighted by atomic mass is 16.4. The Balaban J connectivity index is 2.30. The van der Waals surface area contributed by atoms with Gasteiger partial charge in [0.05, 0.1) is 5.92 Å². The standard InChI is InChI=1S/C11H19NO3/c1-2-7-12-10(13)8-3-5-9(6-4-8)11(14)15/h8-9H,2-7H2,1H3,(H,12,13)(H,14,15). The van der Waals surface area contributed by atoms with Gasteiger partial charge in [0.2, 0.25) is 5.91 Å². The fourth-order valence-corrected chi connectivity index (χ4v) is 2.00. The van der Waals surface area contributed by atoms with Gasteiger partial charge in [-0.2, -0.15) is 0 Å². The lowest BCUT2D eigenvalue weighted by atomic mass is 9.81. The predicted molar refractivity (Wildman–Crippen MR) is 56.4 cm³/mol. The number of rotatable bonds is 4. The Hall–Kier alpha value is -1.06. The number of carbonyl (C=O) groups excluding carboxylic acids is 1. The van der Waals surface area contributed by atoms with Crippen LogP contribution in [0.3, 0.4) is 0 Å². The normalized spacial score (nSPS) is 25.9. The zero-order valence-electron chi connectivity index (χ0n) is 9.16. The summed E-state index contributed by atoms with van der Waals surface area (Å²) in [5.74, 6) is -0.824. The molecule has 86 valence electrons. The molecule has 0 radical (unpaired) electrons. The summed E-state index contributed by atoms with van der Waals surface area (Å²) in [6.45, 7) is 2.74. The smallest absolute Gasteiger partial charge is 0.306 e. The second kappa shape index (κ2) is 5.73. The molecule has 0 spiro atoms. The summed E-state index contributed by atoms with van der Waals surface area (Å²) in [6, 6.07) is 0. The quantitative estimate of drug-likeness (QED) is 0.742. The zero-order chi connectivity index (χ0) is 11.3. The molecule has 1 saturated carbocycles. The van der Waals surface area contributed by atoms with Crippen molar-refractivity contribution < 1.29 is 14.7 Å². The van der Waals surface area contributed by atoms with E-state index in [9.17, 15) is 9.59 Å². The molecule has 15 heavy (non-hydrogen) atoms. The van der Waals surface area contributed by atoms with Gasteiger partial charge >= 0.3 is 5.97 Å². The van der Waals surface area contributed by atoms with E-state index in [2.05, 4.69) is 5.32 Å². The molecule has 0 aromatic heterocycles. The van der Waals surface area contributed by atoms with Crippen molar-refractivity contribution in [2.75, 3.05) is 6.54 Å². The van der Waals surface area contributed by atoms with E-state index >= 15 is 0 Å². The SMILES string of the molecule is CCCNC(=O)C1CCC(C(=O)O)CC1. The third-order valence-corrected chi connectivity index (χ3v) is 3.00. The number of amides is 1. The van der Waals surface area contributed by atoms with Gasteiger partial charge in [-0.1, -0.05) is 6.92 Å². The summed E-state index contributed by atoms with van der Waals surface area (Å²) in [5.41, 5.74) is 0. The van der Waals surface area contributed by atoms with E-state index < -0.39 is 5.97 Å². The molecule has 2 N–H and O–H groups in total. The van der Waals surface area contributed by atoms with E-state index in [1.807, 2.05) is 6.92 Å². The second-order valence-corrected chi connectivity index (χ2v) is 4.18. The minimum atomic E-state index is -0.720. The lowest BCUT2D eigenvalue weighted by Crippen LogP contribution is -2.34. The molecule has 0 aromatic rings. The van der Waals surface area contributed by atoms with Crippen molar-refractivity contribution in [2.45, 2.75) is 39.0 Å². The summed E-state index contributed by atoms with van der Waals surface area (Å²) in [7, 11) is 0. The Morgan fingerprint density at radius 3 is 2.20 bits per heavy atom. The molecule has 0 saturated heterocycles. The molecule has 0 heterocycles. The van der Waals surface area contributed by atoms with Crippen LogP contribution in [0.5, 0.6) is 0 Å². The predicted octanol–water partition coefficient (Wildman–Crippen LogP) is 1.40. The number of hydrogen-bond acceptors (Lipinski definition) is 2. The topological polar surface area (TPSA) is 66.4 Å². The number of hydrogen-bond donors (Lipinski definition) is 2. The molecule has 0 unspecified atom stereocenters. The van der Waals surface area contributed by atoms with Gasteiger partial charge in [0.15, 0.2) is 0 Å². The van der Waals surface area contributed by atoms with Crippen molar-refractivity contribution in [2.24, 2.45) is 11.8 Å². The average Bonchev–Trinajstić information content (AvgIpc) is 2.26. The van der Waals surface area contributed by atoms with Crippen molar-refractivity contribution in [1.82, 2.24) is 5.32 Å². The number of aliphatic carboxylic acids is 1. The maximum Gasteiger partial charge on any atom is 0.306 e. The van der Waals surface area contributed by atoms with Gasteiger partial charge < -0.3 is 10.4 Å². The average molecular weight is 213 g/mol. The molecule has 0 bridgehead atoms. The first-order valence-electron chi connectivity index (χ1n) is 5.65. The van der Waals surface area contributed by atoms with E-state index in [4.69, 9.17) is 5.11 Å². The summed E-state index contributed by atoms with van der Waals surface area (Å²) < 4.78 is 0. The first-order chi connectivity index (χ1) is 7.15. The van der Waals surface area contributed by atoms with Gasteiger partial charge in [-0.05, 0) is 32.1 Å². The maximum atomic E-state index is 11.6. The summed E-state index contributed by atoms with van der Waals surface area (Å²) in [4.78, 5) is 22.3. The molecule has 0 aliphatic heterocycles. The molecule has 0 atom stereocenters. The molecular weight excluding hydrogens is 194 g/mol. The van der Waals surface area contributed by atoms with Crippen LogP contribution < -0.4 is 5.32 Å². The third kappa shape index (κ3) is 3.53. The lowest BCUT2D eigenvalue weighted by Gasteiger charge is -2.25. The lowest BCUT2D eigenvalue weighted by molar-refractivity contribution is -0.144. The van der Waals surface area contributed by atoms with Crippen LogP contribution in [-0.2, 0) is 9.59 Å². The highest BCUT2D eigenvalue weighted by molar-refractivity contribution is 5.79. The van der Waals surface area contributed by atoms with Crippen LogP contribution in [0.2, 0.25) is 0 Å². The molecule has 1 rings (SSSR count). The Morgan fingerprint density at radius 1 is 1.20 bits per heavy atom. The van der Waals surface area contributed by atoms with Crippen molar-refractivity contribution >= 4 is 11.9 Å². The molecule has 4 heteroatoms. The molecular formula is C11H19NO3. The number of nitrogens with one attached hydrogen (secondary N) is 1. The van der Waals surface area contributed by atoms with Crippen molar-refractivity contribution in [1.29, 1.82) is 0 Å². The van der Waals surface area contributed by atoms with Gasteiger partial charge in [0, 0.05) is 12.5 Å². The van der Waals surface area contributed by atoms with E-state index in [1.165, 1.54) is 0 Å². The number of carbonyl (C=O) groups is 2. The molecule has 1 aliphatic carbocycles. The number of carboxylic acid groups (broad SMARTS) is 1. The molecule has 1 aliphatic rings. The van der Waals surface area contributed by atoms with Gasteiger partial charge in [0.1, 0.15) is 0 Å². The Morgan fingerprint density at radius 2 is 1.73 bits per heavy atom. The monoisotopic (exact) mass is 213 g/mol. The van der Waals surface area contributed by atoms with Crippen molar-refractivity contribution in [3.8, 4) is 0 Å². The Kier molecular flexibility index (Phi) is 4.59. The molecule has 4 nitrogen and oxygen atoms in total. The van der Waals surface area contributed by atoms with E-state index in [1.54, 1.807) is 0 Å². The second-order valence-electron chi connectivity index (χ2n) is 4.18. The molecule has 1 amide bonds. The third-order valence-electron chi connectivity index (χ3n) is 3.00. The highest BCUT2D eigenvalue weighted by Gasteiger charge is 2.29. The van der Waals surface area contributed by atoms with Crippen LogP contribution in [0, 0.1) is 11.8 Å². The molecule has 1 fully saturated rings. The van der Waals surface area contributed by atoms with E-state index in [0.717, 1.165) is 13.0 Å². The first kappa shape index (κ1) is 12.0. The minimum absolute atomic E-state index is 0.0344. The van der Waals surface area contributed by atoms with Crippen LogP contribution >= 0.6 is 0 Å². The van der Waals surface area contributed by atoms with E-state index in [-0.39, 0.29) is 17.7 Å². The van der Waals surface area contributed by atoms with Crippen LogP contribution in [0.4, 0.5) is 0 Å². The van der Waals surface area contributed by atoms with Crippen molar-refractivity contribution in [3.63, 3.8) is 0 Å². The van der Waals surface area contributed by atoms with Gasteiger partial charge in [0.25, 0.3) is 0 Å². The highest BCUT2D eigenvalue weighted by Crippen LogP contribution is 2.28. The Bertz CT molecular complexity index is 232. The van der Waals surface area contributed by atoms with Crippen molar-refractivity contribution in [3.05, 3.63) is 0 Å². The van der Waals surface area contributed by atoms with Gasteiger partial charge in [-0.25, -0.2) is 0 Å². The zero-order valence-corrected chi connectivity index (χ0v) is 9.16. The van der Waals surface area contributed by atoms with Crippen LogP contribution in [0.25, 0.3) is 0 Å². The number of carboxylic acids is 1. The Labute approximate surface area is 90.0 Å². The summed E-state index contributed by atoms with van der Waals surface area (Å²) >= 11 is 0. The minimum Gasteiger partial charge on any atom is -0.481 e. The largest absolute Gasteiger partial charge is 0.481 e. The summed E-state index contributed by atoms with van der Waals surface area (Å²) in [6.07, 6.45) is 3.65. The maximum absolute atomic E-state index is 11.6. The van der Waals surface area contributed by atoms with Crippen LogP contribution in [0.15, 0.2) is 0 Å². The van der Waals surface area contributed by atoms with Gasteiger partial charge in [-0.3, -0.25) is 9.59 Å². The van der Waals surface area contributed by atoms with Crippen LogP contribution in [-0.4, -0.2) is 23.5 Å². The molecule has 0 aromatic carbocycles. The van der Waals surface area contributed by atoms with Gasteiger partial charge in [-0.15, -0.1) is 0 Å². The van der Waals surface area contributed by atoms with E-state index in [0.29, 0.717) is 25.7 Å². The summed E-state index contributed by atoms with van der Waals surface area (Å²) in [5, 5.41) is 11.7. The van der Waals surface area contributed by atoms with Crippen LogP contribution in [0.1, 0.15) is 39.0 Å². The fourth-order valence-electron chi connectivity index (χ4n) is 2.00.